The molecule has 0 bridgehead atoms. The topological polar surface area (TPSA) is 49.6 Å². The Hall–Kier alpha value is -1.36. The van der Waals surface area contributed by atoms with E-state index in [9.17, 15) is 4.79 Å². The van der Waals surface area contributed by atoms with Crippen molar-refractivity contribution in [1.29, 1.82) is 0 Å². The predicted molar refractivity (Wildman–Crippen MR) is 66.4 cm³/mol. The smallest absolute Gasteiger partial charge is 0.276 e. The van der Waals surface area contributed by atoms with Crippen LogP contribution in [0.3, 0.4) is 0 Å². The number of rotatable bonds is 1. The lowest BCUT2D eigenvalue weighted by atomic mass is 9.78. The monoisotopic (exact) mass is 249 g/mol. The van der Waals surface area contributed by atoms with Gasteiger partial charge < -0.3 is 9.42 Å². The summed E-state index contributed by atoms with van der Waals surface area (Å²) in [6.45, 7) is 4.61. The number of carbonyl (C=O) groups excluding carboxylic acids is 1. The van der Waals surface area contributed by atoms with E-state index in [0.29, 0.717) is 11.5 Å². The quantitative estimate of drug-likeness (QED) is 0.752. The maximum absolute atomic E-state index is 12.3. The highest BCUT2D eigenvalue weighted by atomic mass is 16.5. The van der Waals surface area contributed by atoms with Crippen LogP contribution in [-0.4, -0.2) is 53.1 Å². The number of hydrogen-bond acceptors (Lipinski definition) is 4. The molecule has 5 heteroatoms. The van der Waals surface area contributed by atoms with Crippen LogP contribution in [0.1, 0.15) is 35.5 Å². The second-order valence-electron chi connectivity index (χ2n) is 5.55. The summed E-state index contributed by atoms with van der Waals surface area (Å²) in [5.41, 5.74) is 0.665. The van der Waals surface area contributed by atoms with Crippen LogP contribution in [0.2, 0.25) is 0 Å². The molecule has 0 radical (unpaired) electrons. The van der Waals surface area contributed by atoms with Gasteiger partial charge in [-0.3, -0.25) is 9.69 Å². The summed E-state index contributed by atoms with van der Waals surface area (Å²) in [6.07, 6.45) is 3.48. The van der Waals surface area contributed by atoms with Gasteiger partial charge in [-0.25, -0.2) is 0 Å². The van der Waals surface area contributed by atoms with E-state index in [2.05, 4.69) is 17.1 Å². The molecule has 0 unspecified atom stereocenters. The molecular weight excluding hydrogens is 230 g/mol. The van der Waals surface area contributed by atoms with E-state index in [-0.39, 0.29) is 11.4 Å². The van der Waals surface area contributed by atoms with Gasteiger partial charge in [0.1, 0.15) is 5.76 Å². The van der Waals surface area contributed by atoms with Gasteiger partial charge in [0.15, 0.2) is 5.69 Å². The van der Waals surface area contributed by atoms with Gasteiger partial charge in [0, 0.05) is 31.2 Å². The summed E-state index contributed by atoms with van der Waals surface area (Å²) >= 11 is 0. The largest absolute Gasteiger partial charge is 0.361 e. The minimum atomic E-state index is 0.00576. The van der Waals surface area contributed by atoms with Crippen molar-refractivity contribution in [3.05, 3.63) is 17.5 Å². The van der Waals surface area contributed by atoms with Crippen LogP contribution in [-0.2, 0) is 0 Å². The summed E-state index contributed by atoms with van der Waals surface area (Å²) in [5, 5.41) is 3.82. The third-order valence-corrected chi connectivity index (χ3v) is 4.41. The maximum atomic E-state index is 12.3. The zero-order valence-electron chi connectivity index (χ0n) is 11.0. The van der Waals surface area contributed by atoms with Crippen LogP contribution in [0.5, 0.6) is 0 Å². The van der Waals surface area contributed by atoms with Crippen LogP contribution >= 0.6 is 0 Å². The van der Waals surface area contributed by atoms with Gasteiger partial charge >= 0.3 is 0 Å². The van der Waals surface area contributed by atoms with Crippen LogP contribution in [0, 0.1) is 6.92 Å². The fourth-order valence-electron chi connectivity index (χ4n) is 3.08. The number of carbonyl (C=O) groups is 1. The van der Waals surface area contributed by atoms with Crippen molar-refractivity contribution >= 4 is 5.91 Å². The number of likely N-dealkylation sites (tertiary alicyclic amines) is 2. The van der Waals surface area contributed by atoms with E-state index in [4.69, 9.17) is 4.52 Å². The summed E-state index contributed by atoms with van der Waals surface area (Å²) in [6, 6.07) is 1.72. The summed E-state index contributed by atoms with van der Waals surface area (Å²) in [4.78, 5) is 16.6. The molecule has 0 aromatic carbocycles. The fraction of sp³-hybridized carbons (Fsp3) is 0.692. The molecule has 1 aromatic heterocycles. The first-order valence-corrected chi connectivity index (χ1v) is 6.55. The van der Waals surface area contributed by atoms with Crippen LogP contribution in [0.25, 0.3) is 0 Å². The molecule has 18 heavy (non-hydrogen) atoms. The number of likely N-dealkylation sites (N-methyl/N-ethyl adjacent to an activating group) is 1. The van der Waals surface area contributed by atoms with Crippen molar-refractivity contribution in [3.63, 3.8) is 0 Å². The van der Waals surface area contributed by atoms with Gasteiger partial charge in [0.25, 0.3) is 5.91 Å². The van der Waals surface area contributed by atoms with Crippen molar-refractivity contribution in [1.82, 2.24) is 15.0 Å². The lowest BCUT2D eigenvalue weighted by Gasteiger charge is -2.55. The molecule has 98 valence electrons. The van der Waals surface area contributed by atoms with Crippen LogP contribution in [0.4, 0.5) is 0 Å². The maximum Gasteiger partial charge on any atom is 0.276 e. The molecule has 1 amide bonds. The molecule has 0 N–H and O–H groups in total. The molecule has 1 aromatic rings. The standard InChI is InChI=1S/C13H19N3O2/c1-10-8-11(14-18-10)12(17)16-6-3-4-13(9-16)5-7-15(13)2/h8H,3-7,9H2,1-2H3/t13-/m1/s1. The van der Waals surface area contributed by atoms with Gasteiger partial charge in [0.05, 0.1) is 0 Å². The number of nitrogens with zero attached hydrogens (tertiary/aromatic N) is 3. The number of aromatic nitrogens is 1. The second kappa shape index (κ2) is 4.09. The Morgan fingerprint density at radius 1 is 1.44 bits per heavy atom. The molecule has 2 fully saturated rings. The average Bonchev–Trinajstić information content (AvgIpc) is 2.83. The zero-order valence-corrected chi connectivity index (χ0v) is 11.0. The van der Waals surface area contributed by atoms with Gasteiger partial charge in [0.2, 0.25) is 0 Å². The van der Waals surface area contributed by atoms with Crippen molar-refractivity contribution in [2.75, 3.05) is 26.7 Å². The average molecular weight is 249 g/mol. The first-order chi connectivity index (χ1) is 8.61. The molecule has 0 aliphatic carbocycles. The van der Waals surface area contributed by atoms with E-state index in [1.807, 2.05) is 4.90 Å². The highest BCUT2D eigenvalue weighted by Crippen LogP contribution is 2.37. The normalized spacial score (nSPS) is 28.4. The summed E-state index contributed by atoms with van der Waals surface area (Å²) < 4.78 is 4.98. The highest BCUT2D eigenvalue weighted by molar-refractivity contribution is 5.92. The number of amides is 1. The predicted octanol–water partition coefficient (Wildman–Crippen LogP) is 1.29. The molecule has 2 aliphatic rings. The summed E-state index contributed by atoms with van der Waals surface area (Å²) in [5.74, 6) is 0.692. The van der Waals surface area contributed by atoms with Crippen LogP contribution < -0.4 is 0 Å². The Bertz CT molecular complexity index is 471. The Morgan fingerprint density at radius 2 is 2.28 bits per heavy atom. The first kappa shape index (κ1) is 11.7. The Balaban J connectivity index is 1.74. The number of piperidine rings is 1. The van der Waals surface area contributed by atoms with E-state index < -0.39 is 0 Å². The van der Waals surface area contributed by atoms with E-state index in [0.717, 1.165) is 26.1 Å². The highest BCUT2D eigenvalue weighted by Gasteiger charge is 2.46. The van der Waals surface area contributed by atoms with E-state index in [1.54, 1.807) is 13.0 Å². The molecular formula is C13H19N3O2. The lowest BCUT2D eigenvalue weighted by Crippen LogP contribution is -2.66. The molecule has 3 rings (SSSR count). The second-order valence-corrected chi connectivity index (χ2v) is 5.55. The molecule has 3 heterocycles. The zero-order chi connectivity index (χ0) is 12.8. The van der Waals surface area contributed by atoms with Crippen LogP contribution in [0.15, 0.2) is 10.6 Å². The minimum absolute atomic E-state index is 0.00576. The molecule has 1 spiro atoms. The SMILES string of the molecule is Cc1cc(C(=O)N2CCC[C@@]3(CCN3C)C2)no1. The number of aryl methyl sites for hydroxylation is 1. The molecule has 5 nitrogen and oxygen atoms in total. The van der Waals surface area contributed by atoms with Crippen molar-refractivity contribution in [2.45, 2.75) is 31.7 Å². The Labute approximate surface area is 107 Å². The minimum Gasteiger partial charge on any atom is -0.361 e. The van der Waals surface area contributed by atoms with Crippen molar-refractivity contribution in [2.24, 2.45) is 0 Å². The third-order valence-electron chi connectivity index (χ3n) is 4.41. The van der Waals surface area contributed by atoms with Gasteiger partial charge in [-0.05, 0) is 33.2 Å². The molecule has 2 saturated heterocycles. The molecule has 2 aliphatic heterocycles. The van der Waals surface area contributed by atoms with Gasteiger partial charge in [-0.2, -0.15) is 0 Å². The Morgan fingerprint density at radius 3 is 2.83 bits per heavy atom. The lowest BCUT2D eigenvalue weighted by molar-refractivity contribution is -0.0410. The van der Waals surface area contributed by atoms with E-state index >= 15 is 0 Å². The van der Waals surface area contributed by atoms with Gasteiger partial charge in [-0.15, -0.1) is 0 Å². The number of hydrogen-bond donors (Lipinski definition) is 0. The third kappa shape index (κ3) is 1.73. The van der Waals surface area contributed by atoms with Crippen molar-refractivity contribution in [3.8, 4) is 0 Å². The molecule has 0 saturated carbocycles. The van der Waals surface area contributed by atoms with Gasteiger partial charge in [-0.1, -0.05) is 5.16 Å². The van der Waals surface area contributed by atoms with Crippen molar-refractivity contribution < 1.29 is 9.32 Å². The first-order valence-electron chi connectivity index (χ1n) is 6.55. The fourth-order valence-corrected chi connectivity index (χ4v) is 3.08. The summed E-state index contributed by atoms with van der Waals surface area (Å²) in [7, 11) is 2.15. The molecule has 1 atom stereocenters. The van der Waals surface area contributed by atoms with E-state index in [1.165, 1.54) is 12.8 Å². The Kier molecular flexibility index (Phi) is 2.66.